The number of carbonyl (C=O) groups is 1. The number of aryl methyl sites for hydroxylation is 2. The number of pyridine rings is 2. The smallest absolute Gasteiger partial charge is 0.340 e. The number of ether oxygens (including phenoxy) is 1. The molecule has 0 saturated heterocycles. The number of hydrogen-bond acceptors (Lipinski definition) is 6. The van der Waals surface area contributed by atoms with Gasteiger partial charge in [-0.3, -0.25) is 4.79 Å². The molecule has 0 radical (unpaired) electrons. The summed E-state index contributed by atoms with van der Waals surface area (Å²) in [6.45, 7) is 1.79. The van der Waals surface area contributed by atoms with Crippen LogP contribution in [0.1, 0.15) is 21.7 Å². The first-order chi connectivity index (χ1) is 13.2. The van der Waals surface area contributed by atoms with Gasteiger partial charge < -0.3 is 14.6 Å². The summed E-state index contributed by atoms with van der Waals surface area (Å²) >= 11 is 0. The second-order valence-corrected chi connectivity index (χ2v) is 5.95. The van der Waals surface area contributed by atoms with Gasteiger partial charge in [0.15, 0.2) is 6.61 Å². The number of amides is 1. The molecular weight excluding hydrogens is 384 g/mol. The van der Waals surface area contributed by atoms with Crippen molar-refractivity contribution in [1.82, 2.24) is 15.1 Å². The fraction of sp³-hybridized carbons (Fsp3) is 0.294. The van der Waals surface area contributed by atoms with Crippen LogP contribution in [0.5, 0.6) is 5.88 Å². The van der Waals surface area contributed by atoms with Crippen molar-refractivity contribution in [1.29, 1.82) is 0 Å². The van der Waals surface area contributed by atoms with Gasteiger partial charge in [-0.05, 0) is 26.0 Å². The highest BCUT2D eigenvalue weighted by Crippen LogP contribution is 2.26. The van der Waals surface area contributed by atoms with Gasteiger partial charge in [0.05, 0.1) is 16.6 Å². The monoisotopic (exact) mass is 398 g/mol. The molecule has 3 rings (SSSR count). The molecule has 1 amide bonds. The minimum absolute atomic E-state index is 0.173. The zero-order valence-electron chi connectivity index (χ0n) is 14.7. The lowest BCUT2D eigenvalue weighted by molar-refractivity contribution is -0.148. The van der Waals surface area contributed by atoms with Gasteiger partial charge in [-0.25, -0.2) is 18.7 Å². The molecule has 0 fully saturated rings. The van der Waals surface area contributed by atoms with Crippen molar-refractivity contribution in [3.63, 3.8) is 0 Å². The molecule has 0 spiro atoms. The third-order valence-corrected chi connectivity index (χ3v) is 3.71. The van der Waals surface area contributed by atoms with E-state index in [1.165, 1.54) is 12.3 Å². The van der Waals surface area contributed by atoms with E-state index in [9.17, 15) is 22.4 Å². The average Bonchev–Trinajstić information content (AvgIpc) is 3.00. The predicted octanol–water partition coefficient (Wildman–Crippen LogP) is 3.77. The number of hydrogen-bond donors (Lipinski definition) is 1. The van der Waals surface area contributed by atoms with Crippen LogP contribution in [0.25, 0.3) is 11.1 Å². The van der Waals surface area contributed by atoms with Crippen molar-refractivity contribution in [2.24, 2.45) is 0 Å². The molecule has 148 valence electrons. The lowest BCUT2D eigenvalue weighted by Crippen LogP contribution is -2.33. The van der Waals surface area contributed by atoms with E-state index >= 15 is 0 Å². The zero-order valence-corrected chi connectivity index (χ0v) is 14.7. The number of nitrogens with one attached hydrogen (secondary N) is 1. The van der Waals surface area contributed by atoms with Gasteiger partial charge >= 0.3 is 12.3 Å². The highest BCUT2D eigenvalue weighted by atomic mass is 19.3. The molecule has 0 bridgehead atoms. The third kappa shape index (κ3) is 4.02. The fourth-order valence-electron chi connectivity index (χ4n) is 2.39. The number of fused-ring (bicyclic) bond motifs is 1. The fourth-order valence-corrected chi connectivity index (χ4v) is 2.39. The Kier molecular flexibility index (Phi) is 5.16. The number of aromatic nitrogens is 3. The summed E-state index contributed by atoms with van der Waals surface area (Å²) in [7, 11) is 0. The summed E-state index contributed by atoms with van der Waals surface area (Å²) in [5.74, 6) is -5.18. The van der Waals surface area contributed by atoms with Gasteiger partial charge in [0.25, 0.3) is 11.6 Å². The van der Waals surface area contributed by atoms with E-state index in [2.05, 4.69) is 25.2 Å². The van der Waals surface area contributed by atoms with Crippen LogP contribution in [0.2, 0.25) is 0 Å². The Morgan fingerprint density at radius 1 is 1.32 bits per heavy atom. The second-order valence-electron chi connectivity index (χ2n) is 5.95. The lowest BCUT2D eigenvalue weighted by atomic mass is 10.1. The minimum Gasteiger partial charge on any atom is -0.471 e. The summed E-state index contributed by atoms with van der Waals surface area (Å²) in [4.78, 5) is 20.5. The molecule has 28 heavy (non-hydrogen) atoms. The number of nitrogens with zero attached hydrogens (tertiary/aromatic N) is 3. The van der Waals surface area contributed by atoms with Crippen LogP contribution in [0.3, 0.4) is 0 Å². The van der Waals surface area contributed by atoms with Crippen LogP contribution < -0.4 is 10.1 Å². The van der Waals surface area contributed by atoms with Crippen molar-refractivity contribution in [3.05, 3.63) is 41.3 Å². The van der Waals surface area contributed by atoms with Crippen LogP contribution >= 0.6 is 0 Å². The first-order valence-electron chi connectivity index (χ1n) is 7.97. The molecule has 11 heteroatoms. The summed E-state index contributed by atoms with van der Waals surface area (Å²) in [6, 6.07) is 4.08. The Morgan fingerprint density at radius 2 is 2.07 bits per heavy atom. The molecule has 0 atom stereocenters. The molecule has 0 aliphatic rings. The van der Waals surface area contributed by atoms with Crippen LogP contribution in [0, 0.1) is 13.8 Å². The Balaban J connectivity index is 1.79. The van der Waals surface area contributed by atoms with Crippen molar-refractivity contribution in [2.45, 2.75) is 26.2 Å². The van der Waals surface area contributed by atoms with Crippen LogP contribution in [-0.2, 0) is 0 Å². The highest BCUT2D eigenvalue weighted by molar-refractivity contribution is 6.12. The minimum atomic E-state index is -4.31. The molecule has 0 aromatic carbocycles. The normalized spacial score (nSPS) is 11.8. The third-order valence-electron chi connectivity index (χ3n) is 3.71. The van der Waals surface area contributed by atoms with Gasteiger partial charge in [-0.1, -0.05) is 5.16 Å². The first-order valence-corrected chi connectivity index (χ1v) is 7.97. The molecule has 0 aliphatic carbocycles. The number of rotatable bonds is 6. The quantitative estimate of drug-likeness (QED) is 0.636. The van der Waals surface area contributed by atoms with E-state index in [4.69, 9.17) is 4.52 Å². The zero-order chi connectivity index (χ0) is 20.5. The number of alkyl halides is 4. The molecule has 3 heterocycles. The molecule has 3 aromatic rings. The van der Waals surface area contributed by atoms with Crippen molar-refractivity contribution >= 4 is 22.7 Å². The van der Waals surface area contributed by atoms with E-state index in [-0.39, 0.29) is 22.8 Å². The van der Waals surface area contributed by atoms with Crippen LogP contribution in [0.15, 0.2) is 28.9 Å². The molecule has 1 N–H and O–H groups in total. The highest BCUT2D eigenvalue weighted by Gasteiger charge is 2.41. The number of carbonyl (C=O) groups excluding carboxylic acids is 1. The second kappa shape index (κ2) is 7.41. The van der Waals surface area contributed by atoms with E-state index < -0.39 is 24.9 Å². The van der Waals surface area contributed by atoms with E-state index in [0.717, 1.165) is 6.07 Å². The van der Waals surface area contributed by atoms with Gasteiger partial charge in [-0.15, -0.1) is 0 Å². The summed E-state index contributed by atoms with van der Waals surface area (Å²) in [6.07, 6.45) is -2.68. The van der Waals surface area contributed by atoms with Gasteiger partial charge in [-0.2, -0.15) is 8.78 Å². The molecule has 3 aromatic heterocycles. The SMILES string of the molecule is Cc1cc(C(=O)Nc2ccnc(OCC(F)(F)C(F)F)c2)c2c(C)noc2n1. The molecule has 7 nitrogen and oxygen atoms in total. The summed E-state index contributed by atoms with van der Waals surface area (Å²) in [5.41, 5.74) is 1.63. The van der Waals surface area contributed by atoms with Crippen LogP contribution in [-0.4, -0.2) is 40.0 Å². The van der Waals surface area contributed by atoms with Gasteiger partial charge in [0.1, 0.15) is 0 Å². The Labute approximate surface area is 155 Å². The average molecular weight is 398 g/mol. The maximum atomic E-state index is 13.0. The number of anilines is 1. The standard InChI is InChI=1S/C17H14F4N4O3/c1-8-5-11(13-9(2)25-28-15(13)23-8)14(26)24-10-3-4-22-12(6-10)27-7-17(20,21)16(18)19/h3-6,16H,7H2,1-2H3,(H,22,24,26). The molecule has 0 saturated carbocycles. The predicted molar refractivity (Wildman–Crippen MR) is 89.9 cm³/mol. The van der Waals surface area contributed by atoms with Crippen molar-refractivity contribution < 1.29 is 31.6 Å². The first kappa shape index (κ1) is 19.5. The van der Waals surface area contributed by atoms with E-state index in [1.807, 2.05) is 0 Å². The van der Waals surface area contributed by atoms with Crippen molar-refractivity contribution in [2.75, 3.05) is 11.9 Å². The summed E-state index contributed by atoms with van der Waals surface area (Å²) < 4.78 is 60.0. The van der Waals surface area contributed by atoms with Crippen molar-refractivity contribution in [3.8, 4) is 5.88 Å². The lowest BCUT2D eigenvalue weighted by Gasteiger charge is -2.15. The van der Waals surface area contributed by atoms with E-state index in [0.29, 0.717) is 16.8 Å². The topological polar surface area (TPSA) is 90.1 Å². The van der Waals surface area contributed by atoms with Crippen LogP contribution in [0.4, 0.5) is 23.2 Å². The Hall–Kier alpha value is -3.24. The maximum Gasteiger partial charge on any atom is 0.340 e. The Bertz CT molecular complexity index is 1020. The summed E-state index contributed by atoms with van der Waals surface area (Å²) in [5, 5.41) is 6.78. The largest absolute Gasteiger partial charge is 0.471 e. The van der Waals surface area contributed by atoms with E-state index in [1.54, 1.807) is 19.9 Å². The molecule has 0 aliphatic heterocycles. The maximum absolute atomic E-state index is 13.0. The molecular formula is C17H14F4N4O3. The molecule has 0 unspecified atom stereocenters. The number of halogens is 4. The van der Waals surface area contributed by atoms with Gasteiger partial charge in [0.2, 0.25) is 5.88 Å². The van der Waals surface area contributed by atoms with Gasteiger partial charge in [0, 0.05) is 23.6 Å². The Morgan fingerprint density at radius 3 is 2.79 bits per heavy atom.